The van der Waals surface area contributed by atoms with E-state index in [4.69, 9.17) is 7.85 Å². The zero-order valence-electron chi connectivity index (χ0n) is 21.4. The van der Waals surface area contributed by atoms with Gasteiger partial charge in [-0.25, -0.2) is 0 Å². The lowest BCUT2D eigenvalue weighted by Crippen LogP contribution is -2.28. The van der Waals surface area contributed by atoms with Crippen molar-refractivity contribution in [3.05, 3.63) is 168 Å². The van der Waals surface area contributed by atoms with Crippen molar-refractivity contribution in [2.45, 2.75) is 5.41 Å². The Labute approximate surface area is 229 Å². The van der Waals surface area contributed by atoms with Crippen molar-refractivity contribution in [2.24, 2.45) is 0 Å². The molecule has 0 amide bonds. The first-order valence-electron chi connectivity index (χ1n) is 13.4. The third kappa shape index (κ3) is 3.03. The Balaban J connectivity index is 1.47. The topological polar surface area (TPSA) is 4.93 Å². The van der Waals surface area contributed by atoms with Crippen LogP contribution in [0.5, 0.6) is 0 Å². The summed E-state index contributed by atoms with van der Waals surface area (Å²) in [6, 6.07) is 52.6. The normalized spacial score (nSPS) is 13.4. The van der Waals surface area contributed by atoms with Crippen molar-refractivity contribution in [1.29, 1.82) is 0 Å². The molecule has 6 aromatic carbocycles. The van der Waals surface area contributed by atoms with Gasteiger partial charge in [0, 0.05) is 16.5 Å². The van der Waals surface area contributed by atoms with E-state index in [-0.39, 0.29) is 5.41 Å². The molecule has 0 atom stereocenters. The second-order valence-corrected chi connectivity index (χ2v) is 10.4. The van der Waals surface area contributed by atoms with Crippen LogP contribution in [0.25, 0.3) is 38.6 Å². The van der Waals surface area contributed by atoms with Crippen LogP contribution in [0.15, 0.2) is 146 Å². The second-order valence-electron chi connectivity index (χ2n) is 10.4. The second kappa shape index (κ2) is 8.34. The van der Waals surface area contributed by atoms with Gasteiger partial charge >= 0.3 is 0 Å². The highest BCUT2D eigenvalue weighted by molar-refractivity contribution is 6.34. The third-order valence-corrected chi connectivity index (χ3v) is 8.40. The highest BCUT2D eigenvalue weighted by Crippen LogP contribution is 2.56. The van der Waals surface area contributed by atoms with E-state index in [1.807, 2.05) is 6.07 Å². The van der Waals surface area contributed by atoms with Gasteiger partial charge in [0.05, 0.1) is 16.4 Å². The van der Waals surface area contributed by atoms with Crippen molar-refractivity contribution in [2.75, 3.05) is 0 Å². The molecule has 1 aliphatic carbocycles. The number of rotatable bonds is 3. The molecule has 1 aliphatic rings. The first-order valence-corrected chi connectivity index (χ1v) is 13.4. The Kier molecular flexibility index (Phi) is 4.75. The van der Waals surface area contributed by atoms with Crippen molar-refractivity contribution in [1.82, 2.24) is 4.57 Å². The quantitative estimate of drug-likeness (QED) is 0.220. The van der Waals surface area contributed by atoms with Crippen molar-refractivity contribution < 1.29 is 0 Å². The van der Waals surface area contributed by atoms with E-state index in [1.54, 1.807) is 0 Å². The van der Waals surface area contributed by atoms with Gasteiger partial charge in [-0.05, 0) is 57.6 Å². The number of benzene rings is 6. The molecule has 39 heavy (non-hydrogen) atoms. The molecule has 0 aliphatic heterocycles. The maximum absolute atomic E-state index is 6.22. The lowest BCUT2D eigenvalue weighted by atomic mass is 9.68. The lowest BCUT2D eigenvalue weighted by molar-refractivity contribution is 0.768. The summed E-state index contributed by atoms with van der Waals surface area (Å²) in [4.78, 5) is 0. The molecule has 0 spiro atoms. The number of fused-ring (bicyclic) bond motifs is 6. The SMILES string of the molecule is [B]c1ccc2c(c1)c1ccccc1n2-c1ccc2c(c1)-c1ccccc1C2(c1ccccc1)c1ccccc1. The van der Waals surface area contributed by atoms with Crippen LogP contribution in [-0.4, -0.2) is 12.4 Å². The predicted molar refractivity (Wildman–Crippen MR) is 163 cm³/mol. The molecule has 2 radical (unpaired) electrons. The molecule has 1 nitrogen and oxygen atoms in total. The van der Waals surface area contributed by atoms with Crippen LogP contribution in [-0.2, 0) is 5.41 Å². The van der Waals surface area contributed by atoms with Crippen LogP contribution in [0.2, 0.25) is 0 Å². The molecular weight excluding hydrogens is 469 g/mol. The van der Waals surface area contributed by atoms with E-state index in [9.17, 15) is 0 Å². The van der Waals surface area contributed by atoms with Crippen LogP contribution in [0.4, 0.5) is 0 Å². The minimum absolute atomic E-state index is 0.387. The monoisotopic (exact) mass is 493 g/mol. The molecule has 0 fully saturated rings. The summed E-state index contributed by atoms with van der Waals surface area (Å²) in [5.74, 6) is 0. The summed E-state index contributed by atoms with van der Waals surface area (Å²) in [7, 11) is 6.22. The Morgan fingerprint density at radius 1 is 0.462 bits per heavy atom. The average molecular weight is 493 g/mol. The Bertz CT molecular complexity index is 1980. The smallest absolute Gasteiger partial charge is 0.113 e. The minimum atomic E-state index is -0.387. The maximum Gasteiger partial charge on any atom is 0.113 e. The van der Waals surface area contributed by atoms with Gasteiger partial charge in [0.25, 0.3) is 0 Å². The van der Waals surface area contributed by atoms with Crippen LogP contribution >= 0.6 is 0 Å². The number of aromatic nitrogens is 1. The van der Waals surface area contributed by atoms with Crippen molar-refractivity contribution in [3.8, 4) is 16.8 Å². The van der Waals surface area contributed by atoms with Crippen LogP contribution in [0.3, 0.4) is 0 Å². The highest BCUT2D eigenvalue weighted by atomic mass is 15.0. The summed E-state index contributed by atoms with van der Waals surface area (Å²) < 4.78 is 2.37. The molecule has 0 unspecified atom stereocenters. The van der Waals surface area contributed by atoms with Crippen LogP contribution < -0.4 is 5.46 Å². The van der Waals surface area contributed by atoms with E-state index in [0.29, 0.717) is 0 Å². The van der Waals surface area contributed by atoms with Crippen LogP contribution in [0.1, 0.15) is 22.3 Å². The third-order valence-electron chi connectivity index (χ3n) is 8.40. The fourth-order valence-corrected chi connectivity index (χ4v) is 6.84. The van der Waals surface area contributed by atoms with E-state index in [1.165, 1.54) is 49.7 Å². The Hall–Kier alpha value is -4.82. The van der Waals surface area contributed by atoms with Gasteiger partial charge in [0.2, 0.25) is 0 Å². The first-order chi connectivity index (χ1) is 19.3. The predicted octanol–water partition coefficient (Wildman–Crippen LogP) is 7.94. The summed E-state index contributed by atoms with van der Waals surface area (Å²) in [6.07, 6.45) is 0. The van der Waals surface area contributed by atoms with E-state index in [2.05, 4.69) is 144 Å². The zero-order valence-corrected chi connectivity index (χ0v) is 21.4. The van der Waals surface area contributed by atoms with Gasteiger partial charge in [0.1, 0.15) is 7.85 Å². The van der Waals surface area contributed by atoms with Gasteiger partial charge in [-0.1, -0.05) is 127 Å². The maximum atomic E-state index is 6.22. The van der Waals surface area contributed by atoms with Crippen molar-refractivity contribution in [3.63, 3.8) is 0 Å². The molecule has 0 saturated carbocycles. The summed E-state index contributed by atoms with van der Waals surface area (Å²) in [5, 5.41) is 2.39. The fourth-order valence-electron chi connectivity index (χ4n) is 6.84. The number of hydrogen-bond acceptors (Lipinski definition) is 0. The fraction of sp³-hybridized carbons (Fsp3) is 0.0270. The molecule has 0 saturated heterocycles. The highest BCUT2D eigenvalue weighted by Gasteiger charge is 2.45. The number of hydrogen-bond donors (Lipinski definition) is 0. The van der Waals surface area contributed by atoms with Gasteiger partial charge in [-0.3, -0.25) is 0 Å². The molecule has 8 rings (SSSR count). The molecule has 1 heterocycles. The Morgan fingerprint density at radius 2 is 1.08 bits per heavy atom. The first kappa shape index (κ1) is 22.2. The molecule has 180 valence electrons. The van der Waals surface area contributed by atoms with Crippen LogP contribution in [0, 0.1) is 0 Å². The molecular formula is C37H24BN. The summed E-state index contributed by atoms with van der Waals surface area (Å²) >= 11 is 0. The number of nitrogens with zero attached hydrogens (tertiary/aromatic N) is 1. The van der Waals surface area contributed by atoms with Crippen molar-refractivity contribution >= 4 is 35.1 Å². The standard InChI is InChI=1S/C37H24BN/c38-27-19-22-36-32(23-27)30-16-8-10-18-35(30)39(36)28-20-21-34-31(24-28)29-15-7-9-17-33(29)37(34,25-11-3-1-4-12-25)26-13-5-2-6-14-26/h1-24H. The molecule has 2 heteroatoms. The van der Waals surface area contributed by atoms with Gasteiger partial charge in [-0.2, -0.15) is 0 Å². The Morgan fingerprint density at radius 3 is 1.85 bits per heavy atom. The van der Waals surface area contributed by atoms with E-state index < -0.39 is 0 Å². The number of para-hydroxylation sites is 1. The van der Waals surface area contributed by atoms with Gasteiger partial charge in [-0.15, -0.1) is 0 Å². The van der Waals surface area contributed by atoms with Gasteiger partial charge in [0.15, 0.2) is 0 Å². The van der Waals surface area contributed by atoms with Gasteiger partial charge < -0.3 is 4.57 Å². The average Bonchev–Trinajstić information content (AvgIpc) is 3.48. The lowest BCUT2D eigenvalue weighted by Gasteiger charge is -2.33. The van der Waals surface area contributed by atoms with E-state index >= 15 is 0 Å². The molecule has 7 aromatic rings. The zero-order chi connectivity index (χ0) is 26.0. The molecule has 1 aromatic heterocycles. The molecule has 0 N–H and O–H groups in total. The summed E-state index contributed by atoms with van der Waals surface area (Å²) in [5.41, 5.74) is 11.6. The van der Waals surface area contributed by atoms with E-state index in [0.717, 1.165) is 16.7 Å². The molecule has 0 bridgehead atoms. The summed E-state index contributed by atoms with van der Waals surface area (Å²) in [6.45, 7) is 0. The minimum Gasteiger partial charge on any atom is -0.309 e. The largest absolute Gasteiger partial charge is 0.309 e.